The van der Waals surface area contributed by atoms with Crippen LogP contribution in [0.2, 0.25) is 0 Å². The topological polar surface area (TPSA) is 109 Å². The summed E-state index contributed by atoms with van der Waals surface area (Å²) in [6, 6.07) is 3.72. The number of β-amino-alcohol motifs (C(OH)–C–C–N with tert-alkyl or cyclic N) is 1. The molecule has 8 heteroatoms. The molecule has 0 radical (unpaired) electrons. The number of aliphatic hydroxyl groups excluding tert-OH is 1. The standard InChI is InChI=1S/C14H20N4O4/c15-13(20)9-22-10-14(21)18-6-5-17(7-12(19)8-18)11-1-3-16-4-2-11/h1-4,12,19H,5-10H2,(H2,15,20)/t12-/m1/s1. The molecule has 0 spiro atoms. The molecule has 1 saturated heterocycles. The van der Waals surface area contributed by atoms with E-state index < -0.39 is 12.0 Å². The van der Waals surface area contributed by atoms with Gasteiger partial charge in [0.25, 0.3) is 0 Å². The predicted molar refractivity (Wildman–Crippen MR) is 79.1 cm³/mol. The number of ether oxygens (including phenoxy) is 1. The van der Waals surface area contributed by atoms with Crippen LogP contribution in [0.1, 0.15) is 0 Å². The van der Waals surface area contributed by atoms with Gasteiger partial charge in [-0.25, -0.2) is 0 Å². The number of carbonyl (C=O) groups is 2. The molecule has 1 aromatic heterocycles. The van der Waals surface area contributed by atoms with Crippen molar-refractivity contribution in [3.8, 4) is 0 Å². The zero-order valence-corrected chi connectivity index (χ0v) is 12.2. The van der Waals surface area contributed by atoms with E-state index in [9.17, 15) is 14.7 Å². The maximum atomic E-state index is 12.0. The fourth-order valence-corrected chi connectivity index (χ4v) is 2.34. The maximum absolute atomic E-state index is 12.0. The first-order chi connectivity index (χ1) is 10.6. The van der Waals surface area contributed by atoms with Crippen LogP contribution in [-0.4, -0.2) is 72.3 Å². The molecular formula is C14H20N4O4. The monoisotopic (exact) mass is 308 g/mol. The molecule has 120 valence electrons. The van der Waals surface area contributed by atoms with Crippen LogP contribution in [-0.2, 0) is 14.3 Å². The molecule has 0 unspecified atom stereocenters. The molecule has 0 aromatic carbocycles. The van der Waals surface area contributed by atoms with Gasteiger partial charge in [-0.15, -0.1) is 0 Å². The van der Waals surface area contributed by atoms with Crippen LogP contribution in [0.3, 0.4) is 0 Å². The number of aliphatic hydroxyl groups is 1. The Morgan fingerprint density at radius 2 is 2.00 bits per heavy atom. The van der Waals surface area contributed by atoms with Gasteiger partial charge in [-0.1, -0.05) is 0 Å². The van der Waals surface area contributed by atoms with Gasteiger partial charge in [-0.2, -0.15) is 0 Å². The van der Waals surface area contributed by atoms with Gasteiger partial charge < -0.3 is 25.4 Å². The summed E-state index contributed by atoms with van der Waals surface area (Å²) in [5.41, 5.74) is 5.90. The summed E-state index contributed by atoms with van der Waals surface area (Å²) in [7, 11) is 0. The molecule has 22 heavy (non-hydrogen) atoms. The van der Waals surface area contributed by atoms with Gasteiger partial charge in [0, 0.05) is 44.3 Å². The molecule has 1 atom stereocenters. The van der Waals surface area contributed by atoms with Crippen molar-refractivity contribution in [3.05, 3.63) is 24.5 Å². The summed E-state index contributed by atoms with van der Waals surface area (Å²) >= 11 is 0. The van der Waals surface area contributed by atoms with Crippen molar-refractivity contribution in [1.29, 1.82) is 0 Å². The highest BCUT2D eigenvalue weighted by Crippen LogP contribution is 2.15. The number of rotatable bonds is 5. The molecule has 1 aliphatic heterocycles. The van der Waals surface area contributed by atoms with Crippen molar-refractivity contribution in [2.75, 3.05) is 44.3 Å². The Bertz CT molecular complexity index is 511. The van der Waals surface area contributed by atoms with E-state index in [-0.39, 0.29) is 25.7 Å². The number of nitrogens with two attached hydrogens (primary N) is 1. The molecule has 3 N–H and O–H groups in total. The fraction of sp³-hybridized carbons (Fsp3) is 0.500. The fourth-order valence-electron chi connectivity index (χ4n) is 2.34. The summed E-state index contributed by atoms with van der Waals surface area (Å²) in [6.45, 7) is 1.24. The second-order valence-corrected chi connectivity index (χ2v) is 5.10. The molecule has 2 amide bonds. The number of hydrogen-bond donors (Lipinski definition) is 2. The lowest BCUT2D eigenvalue weighted by Crippen LogP contribution is -2.40. The largest absolute Gasteiger partial charge is 0.389 e. The van der Waals surface area contributed by atoms with E-state index in [1.807, 2.05) is 17.0 Å². The van der Waals surface area contributed by atoms with Gasteiger partial charge >= 0.3 is 0 Å². The third-order valence-corrected chi connectivity index (χ3v) is 3.35. The van der Waals surface area contributed by atoms with E-state index in [0.29, 0.717) is 19.6 Å². The van der Waals surface area contributed by atoms with E-state index in [1.165, 1.54) is 4.90 Å². The number of pyridine rings is 1. The van der Waals surface area contributed by atoms with Crippen LogP contribution in [0.4, 0.5) is 5.69 Å². The summed E-state index contributed by atoms with van der Waals surface area (Å²) in [5, 5.41) is 10.1. The normalized spacial score (nSPS) is 18.9. The molecule has 0 bridgehead atoms. The second kappa shape index (κ2) is 7.71. The third-order valence-electron chi connectivity index (χ3n) is 3.35. The van der Waals surface area contributed by atoms with Gasteiger partial charge in [-0.05, 0) is 12.1 Å². The van der Waals surface area contributed by atoms with Crippen LogP contribution >= 0.6 is 0 Å². The van der Waals surface area contributed by atoms with Crippen LogP contribution < -0.4 is 10.6 Å². The lowest BCUT2D eigenvalue weighted by atomic mass is 10.3. The van der Waals surface area contributed by atoms with E-state index in [1.54, 1.807) is 12.4 Å². The van der Waals surface area contributed by atoms with E-state index >= 15 is 0 Å². The first-order valence-electron chi connectivity index (χ1n) is 7.03. The zero-order chi connectivity index (χ0) is 15.9. The smallest absolute Gasteiger partial charge is 0.248 e. The molecular weight excluding hydrogens is 288 g/mol. The highest BCUT2D eigenvalue weighted by atomic mass is 16.5. The molecule has 1 fully saturated rings. The van der Waals surface area contributed by atoms with Crippen molar-refractivity contribution >= 4 is 17.5 Å². The molecule has 2 rings (SSSR count). The van der Waals surface area contributed by atoms with Crippen molar-refractivity contribution in [3.63, 3.8) is 0 Å². The van der Waals surface area contributed by atoms with Crippen LogP contribution in [0.25, 0.3) is 0 Å². The van der Waals surface area contributed by atoms with Gasteiger partial charge in [-0.3, -0.25) is 14.6 Å². The molecule has 2 heterocycles. The Morgan fingerprint density at radius 3 is 2.68 bits per heavy atom. The van der Waals surface area contributed by atoms with Gasteiger partial charge in [0.2, 0.25) is 11.8 Å². The highest BCUT2D eigenvalue weighted by molar-refractivity contribution is 5.79. The quantitative estimate of drug-likeness (QED) is 0.692. The lowest BCUT2D eigenvalue weighted by molar-refractivity contribution is -0.138. The minimum absolute atomic E-state index is 0.217. The van der Waals surface area contributed by atoms with Gasteiger partial charge in [0.05, 0.1) is 6.10 Å². The van der Waals surface area contributed by atoms with E-state index in [4.69, 9.17) is 10.5 Å². The third kappa shape index (κ3) is 4.68. The Morgan fingerprint density at radius 1 is 1.27 bits per heavy atom. The number of aromatic nitrogens is 1. The number of carbonyl (C=O) groups excluding carboxylic acids is 2. The Labute approximate surface area is 128 Å². The first-order valence-corrected chi connectivity index (χ1v) is 7.03. The molecule has 1 aliphatic rings. The van der Waals surface area contributed by atoms with Crippen molar-refractivity contribution in [1.82, 2.24) is 9.88 Å². The number of nitrogens with zero attached hydrogens (tertiary/aromatic N) is 3. The molecule has 8 nitrogen and oxygen atoms in total. The van der Waals surface area contributed by atoms with Crippen molar-refractivity contribution in [2.45, 2.75) is 6.10 Å². The van der Waals surface area contributed by atoms with E-state index in [0.717, 1.165) is 5.69 Å². The van der Waals surface area contributed by atoms with E-state index in [2.05, 4.69) is 4.98 Å². The number of hydrogen-bond acceptors (Lipinski definition) is 6. The predicted octanol–water partition coefficient (Wildman–Crippen LogP) is -1.41. The summed E-state index contributed by atoms with van der Waals surface area (Å²) in [4.78, 5) is 30.1. The second-order valence-electron chi connectivity index (χ2n) is 5.10. The average Bonchev–Trinajstić information content (AvgIpc) is 2.69. The number of primary amides is 1. The van der Waals surface area contributed by atoms with Gasteiger partial charge in [0.15, 0.2) is 0 Å². The number of amides is 2. The Hall–Kier alpha value is -2.19. The minimum Gasteiger partial charge on any atom is -0.389 e. The molecule has 0 aliphatic carbocycles. The van der Waals surface area contributed by atoms with Crippen LogP contribution in [0.5, 0.6) is 0 Å². The lowest BCUT2D eigenvalue weighted by Gasteiger charge is -2.23. The first kappa shape index (κ1) is 16.2. The average molecular weight is 308 g/mol. The minimum atomic E-state index is -0.657. The maximum Gasteiger partial charge on any atom is 0.248 e. The summed E-state index contributed by atoms with van der Waals surface area (Å²) in [6.07, 6.45) is 2.72. The Kier molecular flexibility index (Phi) is 5.68. The van der Waals surface area contributed by atoms with Crippen LogP contribution in [0, 0.1) is 0 Å². The van der Waals surface area contributed by atoms with Crippen molar-refractivity contribution in [2.24, 2.45) is 5.73 Å². The highest BCUT2D eigenvalue weighted by Gasteiger charge is 2.24. The summed E-state index contributed by atoms with van der Waals surface area (Å²) in [5.74, 6) is -0.885. The number of anilines is 1. The van der Waals surface area contributed by atoms with Crippen LogP contribution in [0.15, 0.2) is 24.5 Å². The molecule has 0 saturated carbocycles. The SMILES string of the molecule is NC(=O)COCC(=O)N1CCN(c2ccncc2)C[C@@H](O)C1. The Balaban J connectivity index is 1.91. The molecule has 1 aromatic rings. The summed E-state index contributed by atoms with van der Waals surface area (Å²) < 4.78 is 4.93. The van der Waals surface area contributed by atoms with Gasteiger partial charge in [0.1, 0.15) is 13.2 Å². The zero-order valence-electron chi connectivity index (χ0n) is 12.2. The van der Waals surface area contributed by atoms with Crippen molar-refractivity contribution < 1.29 is 19.4 Å².